The Morgan fingerprint density at radius 2 is 1.95 bits per heavy atom. The second-order valence-electron chi connectivity index (χ2n) is 6.18. The van der Waals surface area contributed by atoms with E-state index in [0.29, 0.717) is 6.61 Å². The second-order valence-corrected chi connectivity index (χ2v) is 6.18. The molecule has 0 saturated carbocycles. The molecule has 2 heterocycles. The molecule has 0 amide bonds. The summed E-state index contributed by atoms with van der Waals surface area (Å²) < 4.78 is 22.7. The van der Waals surface area contributed by atoms with Crippen LogP contribution in [0.15, 0.2) is 30.3 Å². The van der Waals surface area contributed by atoms with E-state index in [1.165, 1.54) is 0 Å². The summed E-state index contributed by atoms with van der Waals surface area (Å²) in [6.07, 6.45) is -2.31. The third-order valence-electron chi connectivity index (χ3n) is 4.03. The quantitative estimate of drug-likeness (QED) is 0.838. The average Bonchev–Trinajstić information content (AvgIpc) is 2.91. The van der Waals surface area contributed by atoms with Crippen LogP contribution in [0.25, 0.3) is 0 Å². The summed E-state index contributed by atoms with van der Waals surface area (Å²) in [5, 5.41) is 19.8. The fourth-order valence-corrected chi connectivity index (χ4v) is 3.07. The Morgan fingerprint density at radius 3 is 2.64 bits per heavy atom. The molecular formula is C16H22O6. The number of benzene rings is 1. The first-order chi connectivity index (χ1) is 10.5. The molecule has 122 valence electrons. The molecule has 2 aliphatic heterocycles. The lowest BCUT2D eigenvalue weighted by Crippen LogP contribution is -2.50. The Morgan fingerprint density at radius 1 is 1.23 bits per heavy atom. The monoisotopic (exact) mass is 310 g/mol. The molecular weight excluding hydrogens is 288 g/mol. The normalized spacial score (nSPS) is 36.5. The van der Waals surface area contributed by atoms with Gasteiger partial charge in [-0.15, -0.1) is 0 Å². The molecule has 0 aliphatic carbocycles. The molecule has 0 radical (unpaired) electrons. The molecule has 0 spiro atoms. The lowest BCUT2D eigenvalue weighted by atomic mass is 9.96. The standard InChI is InChI=1S/C16H22O6/c1-15(2)21-13-12(20-14(18)16(13,10-17)22-15)9-19-8-11-6-4-3-5-7-11/h3-7,12-14,17-18H,8-10H2,1-2H3/t12?,13-,14?,16?/m0/s1. The van der Waals surface area contributed by atoms with Gasteiger partial charge in [-0.1, -0.05) is 30.3 Å². The van der Waals surface area contributed by atoms with Gasteiger partial charge in [-0.05, 0) is 19.4 Å². The van der Waals surface area contributed by atoms with Crippen LogP contribution in [0, 0.1) is 0 Å². The number of aliphatic hydroxyl groups excluding tert-OH is 2. The van der Waals surface area contributed by atoms with Gasteiger partial charge in [-0.25, -0.2) is 0 Å². The first kappa shape index (κ1) is 15.9. The third-order valence-corrected chi connectivity index (χ3v) is 4.03. The molecule has 6 nitrogen and oxygen atoms in total. The van der Waals surface area contributed by atoms with Crippen molar-refractivity contribution in [2.24, 2.45) is 0 Å². The van der Waals surface area contributed by atoms with E-state index in [0.717, 1.165) is 5.56 Å². The molecule has 22 heavy (non-hydrogen) atoms. The van der Waals surface area contributed by atoms with E-state index in [2.05, 4.69) is 0 Å². The molecule has 3 rings (SSSR count). The summed E-state index contributed by atoms with van der Waals surface area (Å²) >= 11 is 0. The molecule has 3 unspecified atom stereocenters. The van der Waals surface area contributed by atoms with Crippen molar-refractivity contribution >= 4 is 0 Å². The number of ether oxygens (including phenoxy) is 4. The van der Waals surface area contributed by atoms with E-state index < -0.39 is 29.9 Å². The maximum absolute atomic E-state index is 10.1. The van der Waals surface area contributed by atoms with E-state index in [-0.39, 0.29) is 13.2 Å². The lowest BCUT2D eigenvalue weighted by molar-refractivity contribution is -0.255. The van der Waals surface area contributed by atoms with Crippen molar-refractivity contribution in [3.05, 3.63) is 35.9 Å². The molecule has 0 aromatic heterocycles. The molecule has 2 aliphatic rings. The smallest absolute Gasteiger partial charge is 0.189 e. The predicted octanol–water partition coefficient (Wildman–Crippen LogP) is 0.803. The van der Waals surface area contributed by atoms with E-state index in [9.17, 15) is 10.2 Å². The molecule has 4 atom stereocenters. The SMILES string of the molecule is CC1(C)O[C@H]2C(COCc3ccccc3)OC(O)C2(CO)O1. The van der Waals surface area contributed by atoms with Crippen molar-refractivity contribution in [3.8, 4) is 0 Å². The van der Waals surface area contributed by atoms with Gasteiger partial charge in [-0.3, -0.25) is 0 Å². The van der Waals surface area contributed by atoms with Crippen LogP contribution in [0.4, 0.5) is 0 Å². The largest absolute Gasteiger partial charge is 0.393 e. The minimum absolute atomic E-state index is 0.248. The molecule has 2 fully saturated rings. The van der Waals surface area contributed by atoms with Crippen molar-refractivity contribution in [2.45, 2.75) is 50.3 Å². The lowest BCUT2D eigenvalue weighted by Gasteiger charge is -2.27. The molecule has 1 aromatic rings. The van der Waals surface area contributed by atoms with E-state index in [4.69, 9.17) is 18.9 Å². The van der Waals surface area contributed by atoms with Crippen molar-refractivity contribution in [1.82, 2.24) is 0 Å². The Kier molecular flexibility index (Phi) is 4.24. The highest BCUT2D eigenvalue weighted by Gasteiger charge is 2.65. The maximum Gasteiger partial charge on any atom is 0.189 e. The van der Waals surface area contributed by atoms with Gasteiger partial charge in [0.1, 0.15) is 12.2 Å². The highest BCUT2D eigenvalue weighted by molar-refractivity contribution is 5.13. The third kappa shape index (κ3) is 2.78. The van der Waals surface area contributed by atoms with Gasteiger partial charge in [0.2, 0.25) is 0 Å². The topological polar surface area (TPSA) is 77.4 Å². The van der Waals surface area contributed by atoms with Crippen LogP contribution in [-0.4, -0.2) is 53.3 Å². The first-order valence-corrected chi connectivity index (χ1v) is 7.41. The fourth-order valence-electron chi connectivity index (χ4n) is 3.07. The minimum Gasteiger partial charge on any atom is -0.393 e. The number of hydrogen-bond acceptors (Lipinski definition) is 6. The second kappa shape index (κ2) is 5.88. The fraction of sp³-hybridized carbons (Fsp3) is 0.625. The van der Waals surface area contributed by atoms with Gasteiger partial charge in [0.15, 0.2) is 17.7 Å². The van der Waals surface area contributed by atoms with Gasteiger partial charge in [0, 0.05) is 0 Å². The molecule has 2 N–H and O–H groups in total. The number of rotatable bonds is 5. The summed E-state index contributed by atoms with van der Waals surface area (Å²) in [5.74, 6) is -0.879. The summed E-state index contributed by atoms with van der Waals surface area (Å²) in [6, 6.07) is 9.78. The van der Waals surface area contributed by atoms with Gasteiger partial charge < -0.3 is 29.2 Å². The van der Waals surface area contributed by atoms with Gasteiger partial charge in [0.05, 0.1) is 19.8 Å². The summed E-state index contributed by atoms with van der Waals surface area (Å²) in [5.41, 5.74) is -0.192. The zero-order valence-corrected chi connectivity index (χ0v) is 12.8. The van der Waals surface area contributed by atoms with Crippen LogP contribution in [0.5, 0.6) is 0 Å². The number of aliphatic hydroxyl groups is 2. The number of fused-ring (bicyclic) bond motifs is 1. The van der Waals surface area contributed by atoms with Crippen molar-refractivity contribution < 1.29 is 29.2 Å². The van der Waals surface area contributed by atoms with Crippen LogP contribution >= 0.6 is 0 Å². The predicted molar refractivity (Wildman–Crippen MR) is 76.8 cm³/mol. The van der Waals surface area contributed by atoms with Gasteiger partial charge in [0.25, 0.3) is 0 Å². The van der Waals surface area contributed by atoms with Crippen LogP contribution < -0.4 is 0 Å². The van der Waals surface area contributed by atoms with E-state index >= 15 is 0 Å². The molecule has 1 aromatic carbocycles. The van der Waals surface area contributed by atoms with Crippen LogP contribution in [0.1, 0.15) is 19.4 Å². The van der Waals surface area contributed by atoms with Crippen LogP contribution in [-0.2, 0) is 25.6 Å². The van der Waals surface area contributed by atoms with E-state index in [1.807, 2.05) is 30.3 Å². The summed E-state index contributed by atoms with van der Waals surface area (Å²) in [7, 11) is 0. The molecule has 0 bridgehead atoms. The Hall–Kier alpha value is -1.02. The Balaban J connectivity index is 1.63. The zero-order valence-electron chi connectivity index (χ0n) is 12.8. The van der Waals surface area contributed by atoms with Crippen molar-refractivity contribution in [3.63, 3.8) is 0 Å². The molecule has 6 heteroatoms. The highest BCUT2D eigenvalue weighted by Crippen LogP contribution is 2.45. The Labute approximate surface area is 129 Å². The minimum atomic E-state index is -1.25. The van der Waals surface area contributed by atoms with Crippen molar-refractivity contribution in [2.75, 3.05) is 13.2 Å². The van der Waals surface area contributed by atoms with Crippen LogP contribution in [0.2, 0.25) is 0 Å². The van der Waals surface area contributed by atoms with Gasteiger partial charge in [-0.2, -0.15) is 0 Å². The highest BCUT2D eigenvalue weighted by atomic mass is 16.8. The van der Waals surface area contributed by atoms with Crippen molar-refractivity contribution in [1.29, 1.82) is 0 Å². The van der Waals surface area contributed by atoms with Crippen LogP contribution in [0.3, 0.4) is 0 Å². The molecule has 2 saturated heterocycles. The zero-order chi connectivity index (χ0) is 15.8. The Bertz CT molecular complexity index is 505. The number of hydrogen-bond donors (Lipinski definition) is 2. The first-order valence-electron chi connectivity index (χ1n) is 7.41. The average molecular weight is 310 g/mol. The summed E-state index contributed by atoms with van der Waals surface area (Å²) in [4.78, 5) is 0. The van der Waals surface area contributed by atoms with Gasteiger partial charge >= 0.3 is 0 Å². The summed E-state index contributed by atoms with van der Waals surface area (Å²) in [6.45, 7) is 3.81. The van der Waals surface area contributed by atoms with E-state index in [1.54, 1.807) is 13.8 Å². The maximum atomic E-state index is 10.1.